The highest BCUT2D eigenvalue weighted by Crippen LogP contribution is 2.14. The maximum Gasteiger partial charge on any atom is 0.330 e. The number of amides is 3. The summed E-state index contributed by atoms with van der Waals surface area (Å²) in [6.45, 7) is -0.0232. The zero-order valence-corrected chi connectivity index (χ0v) is 11.8. The standard InChI is InChI=1S/C15H16N2O5/c18-11(8-9-17-12(19)6-7-13(17)20)16-14(15(21)22)10-4-2-1-3-5-10/h1-5,14H,6-9H2,(H,16,18)(H,21,22)/t14-/m1/s1. The van der Waals surface area contributed by atoms with Crippen molar-refractivity contribution in [3.63, 3.8) is 0 Å². The van der Waals surface area contributed by atoms with E-state index in [0.717, 1.165) is 4.90 Å². The zero-order valence-electron chi connectivity index (χ0n) is 11.8. The van der Waals surface area contributed by atoms with Gasteiger partial charge in [0.05, 0.1) is 0 Å². The van der Waals surface area contributed by atoms with Gasteiger partial charge in [0.1, 0.15) is 0 Å². The van der Waals surface area contributed by atoms with Crippen LogP contribution in [0.15, 0.2) is 30.3 Å². The third kappa shape index (κ3) is 3.69. The van der Waals surface area contributed by atoms with Crippen LogP contribution in [-0.2, 0) is 19.2 Å². The number of aliphatic carboxylic acids is 1. The third-order valence-electron chi connectivity index (χ3n) is 3.40. The monoisotopic (exact) mass is 304 g/mol. The second kappa shape index (κ2) is 6.84. The van der Waals surface area contributed by atoms with Crippen LogP contribution in [0.3, 0.4) is 0 Å². The minimum atomic E-state index is -1.17. The van der Waals surface area contributed by atoms with Crippen LogP contribution < -0.4 is 5.32 Å². The van der Waals surface area contributed by atoms with E-state index in [0.29, 0.717) is 5.56 Å². The number of hydrogen-bond acceptors (Lipinski definition) is 4. The molecule has 1 aliphatic heterocycles. The fourth-order valence-electron chi connectivity index (χ4n) is 2.25. The first kappa shape index (κ1) is 15.7. The molecule has 1 saturated heterocycles. The number of imide groups is 1. The highest BCUT2D eigenvalue weighted by atomic mass is 16.4. The Balaban J connectivity index is 1.93. The molecule has 1 aliphatic rings. The summed E-state index contributed by atoms with van der Waals surface area (Å²) < 4.78 is 0. The van der Waals surface area contributed by atoms with E-state index < -0.39 is 17.9 Å². The minimum absolute atomic E-state index is 0.0232. The molecule has 1 aromatic carbocycles. The Kier molecular flexibility index (Phi) is 4.88. The Labute approximate surface area is 126 Å². The SMILES string of the molecule is O=C(CCN1C(=O)CCC1=O)N[C@@H](C(=O)O)c1ccccc1. The molecule has 2 N–H and O–H groups in total. The molecule has 2 rings (SSSR count). The Bertz CT molecular complexity index is 583. The van der Waals surface area contributed by atoms with Gasteiger partial charge >= 0.3 is 5.97 Å². The zero-order chi connectivity index (χ0) is 16.1. The van der Waals surface area contributed by atoms with Crippen molar-refractivity contribution in [2.75, 3.05) is 6.54 Å². The smallest absolute Gasteiger partial charge is 0.330 e. The molecule has 1 aromatic rings. The molecule has 7 heteroatoms. The number of benzene rings is 1. The van der Waals surface area contributed by atoms with Crippen molar-refractivity contribution in [3.8, 4) is 0 Å². The summed E-state index contributed by atoms with van der Waals surface area (Å²) in [5.74, 6) is -2.29. The summed E-state index contributed by atoms with van der Waals surface area (Å²) in [4.78, 5) is 47.0. The van der Waals surface area contributed by atoms with Crippen LogP contribution in [0.4, 0.5) is 0 Å². The number of carbonyl (C=O) groups is 4. The van der Waals surface area contributed by atoms with E-state index in [1.165, 1.54) is 0 Å². The van der Waals surface area contributed by atoms with Gasteiger partial charge in [0.2, 0.25) is 17.7 Å². The van der Waals surface area contributed by atoms with E-state index in [2.05, 4.69) is 5.32 Å². The molecule has 0 saturated carbocycles. The summed E-state index contributed by atoms with van der Waals surface area (Å²) in [7, 11) is 0. The van der Waals surface area contributed by atoms with E-state index in [9.17, 15) is 24.3 Å². The number of carboxylic acids is 1. The maximum atomic E-state index is 11.9. The summed E-state index contributed by atoms with van der Waals surface area (Å²) in [5, 5.41) is 11.6. The predicted molar refractivity (Wildman–Crippen MR) is 75.5 cm³/mol. The lowest BCUT2D eigenvalue weighted by atomic mass is 10.1. The topological polar surface area (TPSA) is 104 Å². The molecule has 1 heterocycles. The quantitative estimate of drug-likeness (QED) is 0.743. The molecule has 116 valence electrons. The van der Waals surface area contributed by atoms with E-state index in [1.807, 2.05) is 0 Å². The first-order valence-corrected chi connectivity index (χ1v) is 6.89. The van der Waals surface area contributed by atoms with Crippen LogP contribution in [-0.4, -0.2) is 40.2 Å². The summed E-state index contributed by atoms with van der Waals surface area (Å²) >= 11 is 0. The largest absolute Gasteiger partial charge is 0.479 e. The average Bonchev–Trinajstić information content (AvgIpc) is 2.82. The van der Waals surface area contributed by atoms with Crippen LogP contribution in [0, 0.1) is 0 Å². The molecular weight excluding hydrogens is 288 g/mol. The third-order valence-corrected chi connectivity index (χ3v) is 3.40. The molecule has 22 heavy (non-hydrogen) atoms. The number of nitrogens with zero attached hydrogens (tertiary/aromatic N) is 1. The first-order chi connectivity index (χ1) is 10.5. The van der Waals surface area contributed by atoms with Gasteiger partial charge in [0, 0.05) is 25.8 Å². The lowest BCUT2D eigenvalue weighted by Gasteiger charge is -2.17. The van der Waals surface area contributed by atoms with Crippen molar-refractivity contribution in [2.24, 2.45) is 0 Å². The Hall–Kier alpha value is -2.70. The van der Waals surface area contributed by atoms with Crippen LogP contribution in [0.1, 0.15) is 30.9 Å². The molecule has 1 fully saturated rings. The van der Waals surface area contributed by atoms with E-state index in [1.54, 1.807) is 30.3 Å². The second-order valence-electron chi connectivity index (χ2n) is 4.94. The van der Waals surface area contributed by atoms with Crippen LogP contribution >= 0.6 is 0 Å². The lowest BCUT2D eigenvalue weighted by molar-refractivity contribution is -0.143. The van der Waals surface area contributed by atoms with Gasteiger partial charge in [-0.2, -0.15) is 0 Å². The summed E-state index contributed by atoms with van der Waals surface area (Å²) in [6.07, 6.45) is 0.221. The molecule has 0 spiro atoms. The number of rotatable bonds is 6. The first-order valence-electron chi connectivity index (χ1n) is 6.89. The second-order valence-corrected chi connectivity index (χ2v) is 4.94. The molecule has 3 amide bonds. The van der Waals surface area contributed by atoms with Gasteiger partial charge in [-0.25, -0.2) is 4.79 Å². The molecule has 0 radical (unpaired) electrons. The molecule has 0 aromatic heterocycles. The minimum Gasteiger partial charge on any atom is -0.479 e. The lowest BCUT2D eigenvalue weighted by Crippen LogP contribution is -2.37. The highest BCUT2D eigenvalue weighted by Gasteiger charge is 2.29. The van der Waals surface area contributed by atoms with Crippen molar-refractivity contribution in [1.82, 2.24) is 10.2 Å². The van der Waals surface area contributed by atoms with Crippen molar-refractivity contribution >= 4 is 23.7 Å². The van der Waals surface area contributed by atoms with Gasteiger partial charge in [0.25, 0.3) is 0 Å². The fourth-order valence-corrected chi connectivity index (χ4v) is 2.25. The molecule has 0 unspecified atom stereocenters. The molecule has 0 aliphatic carbocycles. The van der Waals surface area contributed by atoms with Gasteiger partial charge in [-0.05, 0) is 5.56 Å². The maximum absolute atomic E-state index is 11.9. The molecule has 7 nitrogen and oxygen atoms in total. The number of nitrogens with one attached hydrogen (secondary N) is 1. The van der Waals surface area contributed by atoms with Crippen LogP contribution in [0.25, 0.3) is 0 Å². The van der Waals surface area contributed by atoms with Crippen molar-refractivity contribution in [2.45, 2.75) is 25.3 Å². The van der Waals surface area contributed by atoms with E-state index >= 15 is 0 Å². The summed E-state index contributed by atoms with van der Waals surface area (Å²) in [6, 6.07) is 7.16. The van der Waals surface area contributed by atoms with Gasteiger partial charge in [-0.1, -0.05) is 30.3 Å². The van der Waals surface area contributed by atoms with E-state index in [4.69, 9.17) is 0 Å². The molecular formula is C15H16N2O5. The predicted octanol–water partition coefficient (Wildman–Crippen LogP) is 0.468. The van der Waals surface area contributed by atoms with Gasteiger partial charge < -0.3 is 10.4 Å². The van der Waals surface area contributed by atoms with Crippen molar-refractivity contribution < 1.29 is 24.3 Å². The van der Waals surface area contributed by atoms with Crippen molar-refractivity contribution in [1.29, 1.82) is 0 Å². The highest BCUT2D eigenvalue weighted by molar-refractivity contribution is 6.02. The number of hydrogen-bond donors (Lipinski definition) is 2. The number of likely N-dealkylation sites (tertiary alicyclic amines) is 1. The van der Waals surface area contributed by atoms with Gasteiger partial charge in [-0.15, -0.1) is 0 Å². The average molecular weight is 304 g/mol. The number of carboxylic acid groups (broad SMARTS) is 1. The Morgan fingerprint density at radius 1 is 1.14 bits per heavy atom. The Morgan fingerprint density at radius 2 is 1.73 bits per heavy atom. The number of carbonyl (C=O) groups excluding carboxylic acids is 3. The van der Waals surface area contributed by atoms with E-state index in [-0.39, 0.29) is 37.6 Å². The summed E-state index contributed by atoms with van der Waals surface area (Å²) in [5.41, 5.74) is 0.455. The fraction of sp³-hybridized carbons (Fsp3) is 0.333. The van der Waals surface area contributed by atoms with Crippen LogP contribution in [0.5, 0.6) is 0 Å². The normalized spacial score (nSPS) is 15.7. The van der Waals surface area contributed by atoms with Gasteiger partial charge in [0.15, 0.2) is 6.04 Å². The van der Waals surface area contributed by atoms with Crippen LogP contribution in [0.2, 0.25) is 0 Å². The molecule has 0 bridgehead atoms. The Morgan fingerprint density at radius 3 is 2.27 bits per heavy atom. The molecule has 1 atom stereocenters. The van der Waals surface area contributed by atoms with Gasteiger partial charge in [-0.3, -0.25) is 19.3 Å². The van der Waals surface area contributed by atoms with Crippen molar-refractivity contribution in [3.05, 3.63) is 35.9 Å².